The zero-order valence-electron chi connectivity index (χ0n) is 13.0. The second-order valence-electron chi connectivity index (χ2n) is 5.34. The number of carbonyl (C=O) groups excluding carboxylic acids is 1. The van der Waals surface area contributed by atoms with Crippen LogP contribution in [0.25, 0.3) is 10.1 Å². The molecule has 0 spiro atoms. The van der Waals surface area contributed by atoms with Gasteiger partial charge in [0.25, 0.3) is 5.91 Å². The molecule has 1 heterocycles. The number of halogens is 2. The molecule has 3 nitrogen and oxygen atoms in total. The minimum absolute atomic E-state index is 0. The number of hydrogen-bond donors (Lipinski definition) is 2. The molecule has 0 saturated heterocycles. The number of benzene rings is 1. The van der Waals surface area contributed by atoms with Crippen molar-refractivity contribution in [3.8, 4) is 0 Å². The Hall–Kier alpha value is -1.17. The predicted molar refractivity (Wildman–Crippen MR) is 93.6 cm³/mol. The lowest BCUT2D eigenvalue weighted by Crippen LogP contribution is -2.52. The molecule has 0 bridgehead atoms. The maximum absolute atomic E-state index is 13.3. The van der Waals surface area contributed by atoms with Crippen LogP contribution in [0, 0.1) is 12.7 Å². The lowest BCUT2D eigenvalue weighted by molar-refractivity contribution is 0.0899. The SMILES string of the molecule is CCC(CC)(CN)NC(=O)c1sc2ccc(F)cc2c1C.Cl. The highest BCUT2D eigenvalue weighted by molar-refractivity contribution is 7.21. The van der Waals surface area contributed by atoms with Crippen LogP contribution in [0.2, 0.25) is 0 Å². The van der Waals surface area contributed by atoms with Gasteiger partial charge in [-0.3, -0.25) is 4.79 Å². The van der Waals surface area contributed by atoms with Crippen LogP contribution in [0.1, 0.15) is 41.9 Å². The molecule has 1 amide bonds. The molecule has 3 N–H and O–H groups in total. The van der Waals surface area contributed by atoms with Crippen molar-refractivity contribution >= 4 is 39.7 Å². The first-order chi connectivity index (χ1) is 9.96. The van der Waals surface area contributed by atoms with Crippen molar-refractivity contribution in [2.45, 2.75) is 39.2 Å². The van der Waals surface area contributed by atoms with Gasteiger partial charge < -0.3 is 11.1 Å². The molecule has 0 aliphatic rings. The zero-order chi connectivity index (χ0) is 15.6. The van der Waals surface area contributed by atoms with Gasteiger partial charge in [0, 0.05) is 11.2 Å². The topological polar surface area (TPSA) is 55.1 Å². The van der Waals surface area contributed by atoms with Gasteiger partial charge >= 0.3 is 0 Å². The number of rotatable bonds is 5. The van der Waals surface area contributed by atoms with Gasteiger partial charge in [0.15, 0.2) is 0 Å². The van der Waals surface area contributed by atoms with Crippen molar-refractivity contribution in [3.63, 3.8) is 0 Å². The number of aryl methyl sites for hydroxylation is 1. The normalized spacial score (nSPS) is 11.3. The van der Waals surface area contributed by atoms with E-state index in [4.69, 9.17) is 5.73 Å². The Morgan fingerprint density at radius 3 is 2.55 bits per heavy atom. The molecule has 0 aliphatic heterocycles. The fraction of sp³-hybridized carbons (Fsp3) is 0.438. The molecular formula is C16H22ClFN2OS. The standard InChI is InChI=1S/C16H21FN2OS.ClH/c1-4-16(5-2,9-18)19-15(20)14-10(3)12-8-11(17)6-7-13(12)21-14;/h6-8H,4-5,9,18H2,1-3H3,(H,19,20);1H. The van der Waals surface area contributed by atoms with Gasteiger partial charge in [0.2, 0.25) is 0 Å². The molecule has 0 saturated carbocycles. The van der Waals surface area contributed by atoms with Crippen LogP contribution in [0.5, 0.6) is 0 Å². The number of nitrogens with one attached hydrogen (secondary N) is 1. The van der Waals surface area contributed by atoms with Gasteiger partial charge in [-0.2, -0.15) is 0 Å². The summed E-state index contributed by atoms with van der Waals surface area (Å²) in [6, 6.07) is 4.62. The molecule has 0 fully saturated rings. The first-order valence-corrected chi connectivity index (χ1v) is 7.99. The second kappa shape index (κ2) is 7.40. The van der Waals surface area contributed by atoms with E-state index in [-0.39, 0.29) is 29.7 Å². The molecular weight excluding hydrogens is 323 g/mol. The summed E-state index contributed by atoms with van der Waals surface area (Å²) < 4.78 is 14.3. The van der Waals surface area contributed by atoms with E-state index in [1.807, 2.05) is 20.8 Å². The Morgan fingerprint density at radius 1 is 1.36 bits per heavy atom. The van der Waals surface area contributed by atoms with Gasteiger partial charge in [0.05, 0.1) is 10.4 Å². The Bertz CT molecular complexity index is 659. The fourth-order valence-electron chi connectivity index (χ4n) is 2.47. The summed E-state index contributed by atoms with van der Waals surface area (Å²) in [7, 11) is 0. The molecule has 0 atom stereocenters. The van der Waals surface area contributed by atoms with Crippen molar-refractivity contribution in [2.24, 2.45) is 5.73 Å². The van der Waals surface area contributed by atoms with Crippen LogP contribution in [0.15, 0.2) is 18.2 Å². The summed E-state index contributed by atoms with van der Waals surface area (Å²) in [5.74, 6) is -0.406. The van der Waals surface area contributed by atoms with Gasteiger partial charge in [-0.15, -0.1) is 23.7 Å². The summed E-state index contributed by atoms with van der Waals surface area (Å²) in [5, 5.41) is 3.87. The van der Waals surface area contributed by atoms with E-state index >= 15 is 0 Å². The second-order valence-corrected chi connectivity index (χ2v) is 6.39. The van der Waals surface area contributed by atoms with E-state index in [1.54, 1.807) is 6.07 Å². The molecule has 6 heteroatoms. The third kappa shape index (κ3) is 3.42. The van der Waals surface area contributed by atoms with Gasteiger partial charge in [-0.25, -0.2) is 4.39 Å². The first-order valence-electron chi connectivity index (χ1n) is 7.17. The van der Waals surface area contributed by atoms with E-state index in [1.165, 1.54) is 23.5 Å². The van der Waals surface area contributed by atoms with Crippen molar-refractivity contribution in [1.82, 2.24) is 5.32 Å². The number of fused-ring (bicyclic) bond motifs is 1. The van der Waals surface area contributed by atoms with Crippen LogP contribution in [0.4, 0.5) is 4.39 Å². The van der Waals surface area contributed by atoms with Crippen LogP contribution in [-0.4, -0.2) is 18.0 Å². The van der Waals surface area contributed by atoms with E-state index in [0.717, 1.165) is 28.5 Å². The average molecular weight is 345 g/mol. The minimum atomic E-state index is -0.370. The summed E-state index contributed by atoms with van der Waals surface area (Å²) in [6.45, 7) is 6.30. The number of thiophene rings is 1. The molecule has 0 unspecified atom stereocenters. The highest BCUT2D eigenvalue weighted by atomic mass is 35.5. The third-order valence-electron chi connectivity index (χ3n) is 4.23. The quantitative estimate of drug-likeness (QED) is 0.860. The van der Waals surface area contributed by atoms with Crippen LogP contribution >= 0.6 is 23.7 Å². The Balaban J connectivity index is 0.00000242. The Morgan fingerprint density at radius 2 is 2.00 bits per heavy atom. The van der Waals surface area contributed by atoms with Crippen molar-refractivity contribution in [3.05, 3.63) is 34.5 Å². The lowest BCUT2D eigenvalue weighted by atomic mass is 9.92. The van der Waals surface area contributed by atoms with E-state index < -0.39 is 0 Å². The number of nitrogens with two attached hydrogens (primary N) is 1. The summed E-state index contributed by atoms with van der Waals surface area (Å²) >= 11 is 1.39. The first kappa shape index (κ1) is 18.9. The van der Waals surface area contributed by atoms with Crippen molar-refractivity contribution in [1.29, 1.82) is 0 Å². The highest BCUT2D eigenvalue weighted by Crippen LogP contribution is 2.31. The molecule has 0 radical (unpaired) electrons. The maximum atomic E-state index is 13.3. The number of hydrogen-bond acceptors (Lipinski definition) is 3. The van der Waals surface area contributed by atoms with Crippen molar-refractivity contribution < 1.29 is 9.18 Å². The predicted octanol–water partition coefficient (Wildman–Crippen LogP) is 4.02. The number of amides is 1. The molecule has 1 aromatic carbocycles. The monoisotopic (exact) mass is 344 g/mol. The van der Waals surface area contributed by atoms with Gasteiger partial charge in [-0.05, 0) is 48.9 Å². The molecule has 2 rings (SSSR count). The smallest absolute Gasteiger partial charge is 0.262 e. The Kier molecular flexibility index (Phi) is 6.35. The Labute approximate surface area is 140 Å². The molecule has 2 aromatic rings. The largest absolute Gasteiger partial charge is 0.345 e. The summed E-state index contributed by atoms with van der Waals surface area (Å²) in [4.78, 5) is 13.2. The van der Waals surface area contributed by atoms with E-state index in [9.17, 15) is 9.18 Å². The maximum Gasteiger partial charge on any atom is 0.262 e. The van der Waals surface area contributed by atoms with Gasteiger partial charge in [0.1, 0.15) is 5.82 Å². The number of carbonyl (C=O) groups is 1. The van der Waals surface area contributed by atoms with Gasteiger partial charge in [-0.1, -0.05) is 13.8 Å². The molecule has 1 aromatic heterocycles. The van der Waals surface area contributed by atoms with E-state index in [2.05, 4.69) is 5.32 Å². The van der Waals surface area contributed by atoms with Crippen LogP contribution in [0.3, 0.4) is 0 Å². The third-order valence-corrected chi connectivity index (χ3v) is 5.50. The van der Waals surface area contributed by atoms with Crippen LogP contribution in [-0.2, 0) is 0 Å². The summed E-state index contributed by atoms with van der Waals surface area (Å²) in [6.07, 6.45) is 1.56. The summed E-state index contributed by atoms with van der Waals surface area (Å²) in [5.41, 5.74) is 6.28. The fourth-order valence-corrected chi connectivity index (χ4v) is 3.56. The molecule has 122 valence electrons. The zero-order valence-corrected chi connectivity index (χ0v) is 14.7. The molecule has 22 heavy (non-hydrogen) atoms. The van der Waals surface area contributed by atoms with E-state index in [0.29, 0.717) is 11.4 Å². The van der Waals surface area contributed by atoms with Crippen molar-refractivity contribution in [2.75, 3.05) is 6.54 Å². The lowest BCUT2D eigenvalue weighted by Gasteiger charge is -2.31. The van der Waals surface area contributed by atoms with Crippen LogP contribution < -0.4 is 11.1 Å². The molecule has 0 aliphatic carbocycles. The minimum Gasteiger partial charge on any atom is -0.345 e. The highest BCUT2D eigenvalue weighted by Gasteiger charge is 2.28. The average Bonchev–Trinajstić information content (AvgIpc) is 2.82.